The van der Waals surface area contributed by atoms with Crippen molar-refractivity contribution in [3.05, 3.63) is 23.9 Å². The highest BCUT2D eigenvalue weighted by Gasteiger charge is 2.36. The zero-order valence-corrected chi connectivity index (χ0v) is 21.7. The molecule has 4 atom stereocenters. The molecule has 35 heavy (non-hydrogen) atoms. The van der Waals surface area contributed by atoms with E-state index in [0.717, 1.165) is 12.8 Å². The van der Waals surface area contributed by atoms with Gasteiger partial charge in [0.15, 0.2) is 5.82 Å². The molecule has 14 heteroatoms. The SMILES string of the molecule is COCC(COC)n1c(NS(=O)(=O)C(C)C(OC)c2cnc(OC)cn2)nnc1[C@H]1CC[C@@H](C)O1. The zero-order chi connectivity index (χ0) is 25.6. The predicted octanol–water partition coefficient (Wildman–Crippen LogP) is 1.67. The first-order chi connectivity index (χ1) is 16.7. The third-order valence-corrected chi connectivity index (χ3v) is 7.57. The highest BCUT2D eigenvalue weighted by atomic mass is 32.2. The lowest BCUT2D eigenvalue weighted by Crippen LogP contribution is -2.34. The quantitative estimate of drug-likeness (QED) is 0.416. The summed E-state index contributed by atoms with van der Waals surface area (Å²) >= 11 is 0. The Labute approximate surface area is 205 Å². The van der Waals surface area contributed by atoms with Crippen LogP contribution >= 0.6 is 0 Å². The first-order valence-corrected chi connectivity index (χ1v) is 12.8. The molecule has 0 aliphatic carbocycles. The zero-order valence-electron chi connectivity index (χ0n) is 20.9. The number of rotatable bonds is 13. The van der Waals surface area contributed by atoms with E-state index >= 15 is 0 Å². The lowest BCUT2D eigenvalue weighted by molar-refractivity contribution is 0.0406. The van der Waals surface area contributed by atoms with Crippen molar-refractivity contribution < 1.29 is 32.1 Å². The number of anilines is 1. The van der Waals surface area contributed by atoms with Crippen molar-refractivity contribution in [2.45, 2.75) is 56.3 Å². The van der Waals surface area contributed by atoms with Crippen LogP contribution in [-0.2, 0) is 29.0 Å². The van der Waals surface area contributed by atoms with E-state index in [1.165, 1.54) is 33.5 Å². The fourth-order valence-electron chi connectivity index (χ4n) is 4.04. The molecule has 1 saturated heterocycles. The number of nitrogens with one attached hydrogen (secondary N) is 1. The Morgan fingerprint density at radius 3 is 2.34 bits per heavy atom. The highest BCUT2D eigenvalue weighted by Crippen LogP contribution is 2.35. The summed E-state index contributed by atoms with van der Waals surface area (Å²) in [7, 11) is 1.99. The molecule has 0 bridgehead atoms. The summed E-state index contributed by atoms with van der Waals surface area (Å²) in [6, 6.07) is -0.381. The van der Waals surface area contributed by atoms with Crippen molar-refractivity contribution in [3.8, 4) is 5.88 Å². The Hall–Kier alpha value is -2.39. The molecule has 0 spiro atoms. The van der Waals surface area contributed by atoms with Crippen LogP contribution in [0.4, 0.5) is 5.95 Å². The number of methoxy groups -OCH3 is 4. The fourth-order valence-corrected chi connectivity index (χ4v) is 5.20. The van der Waals surface area contributed by atoms with E-state index < -0.39 is 21.4 Å². The first-order valence-electron chi connectivity index (χ1n) is 11.2. The molecule has 196 valence electrons. The van der Waals surface area contributed by atoms with E-state index in [-0.39, 0.29) is 37.4 Å². The van der Waals surface area contributed by atoms with Crippen LogP contribution < -0.4 is 9.46 Å². The minimum atomic E-state index is -4.02. The van der Waals surface area contributed by atoms with Gasteiger partial charge in [0.2, 0.25) is 21.9 Å². The van der Waals surface area contributed by atoms with Gasteiger partial charge in [-0.15, -0.1) is 10.2 Å². The largest absolute Gasteiger partial charge is 0.480 e. The maximum Gasteiger partial charge on any atom is 0.240 e. The molecule has 2 aromatic rings. The molecule has 2 unspecified atom stereocenters. The lowest BCUT2D eigenvalue weighted by atomic mass is 10.2. The Bertz CT molecular complexity index is 1040. The maximum absolute atomic E-state index is 13.4. The average molecular weight is 515 g/mol. The first kappa shape index (κ1) is 27.2. The van der Waals surface area contributed by atoms with Crippen molar-refractivity contribution in [2.75, 3.05) is 46.4 Å². The third kappa shape index (κ3) is 6.25. The second-order valence-electron chi connectivity index (χ2n) is 8.32. The van der Waals surface area contributed by atoms with Gasteiger partial charge in [0, 0.05) is 21.3 Å². The molecule has 0 aromatic carbocycles. The standard InChI is InChI=1S/C21H34N6O7S/c1-13-7-8-17(34-13)20-24-25-21(27(20)15(11-30-3)12-31-4)26-35(28,29)14(2)19(33-6)16-9-23-18(32-5)10-22-16/h9-10,13-15,17,19H,7-8,11-12H2,1-6H3,(H,25,26)/t13-,14?,17-,19?/m1/s1. The molecule has 2 aromatic heterocycles. The van der Waals surface area contributed by atoms with Gasteiger partial charge in [0.1, 0.15) is 17.5 Å². The van der Waals surface area contributed by atoms with Crippen LogP contribution in [0.2, 0.25) is 0 Å². The highest BCUT2D eigenvalue weighted by molar-refractivity contribution is 7.93. The van der Waals surface area contributed by atoms with Gasteiger partial charge in [0.05, 0.1) is 50.6 Å². The number of hydrogen-bond acceptors (Lipinski definition) is 11. The minimum Gasteiger partial charge on any atom is -0.480 e. The summed E-state index contributed by atoms with van der Waals surface area (Å²) < 4.78 is 58.4. The van der Waals surface area contributed by atoms with Crippen molar-refractivity contribution in [1.82, 2.24) is 24.7 Å². The predicted molar refractivity (Wildman–Crippen MR) is 126 cm³/mol. The van der Waals surface area contributed by atoms with Crippen molar-refractivity contribution >= 4 is 16.0 Å². The van der Waals surface area contributed by atoms with Gasteiger partial charge in [-0.05, 0) is 26.7 Å². The number of sulfonamides is 1. The van der Waals surface area contributed by atoms with Crippen molar-refractivity contribution in [1.29, 1.82) is 0 Å². The molecule has 1 fully saturated rings. The Morgan fingerprint density at radius 2 is 1.83 bits per heavy atom. The number of aromatic nitrogens is 5. The molecule has 3 rings (SSSR count). The van der Waals surface area contributed by atoms with Gasteiger partial charge in [0.25, 0.3) is 0 Å². The van der Waals surface area contributed by atoms with Crippen LogP contribution in [-0.4, -0.2) is 86.2 Å². The summed E-state index contributed by atoms with van der Waals surface area (Å²) in [4.78, 5) is 8.33. The number of nitrogens with zero attached hydrogens (tertiary/aromatic N) is 5. The van der Waals surface area contributed by atoms with Gasteiger partial charge in [-0.3, -0.25) is 14.3 Å². The summed E-state index contributed by atoms with van der Waals surface area (Å²) in [5.74, 6) is 0.872. The van der Waals surface area contributed by atoms with E-state index in [4.69, 9.17) is 23.7 Å². The fraction of sp³-hybridized carbons (Fsp3) is 0.714. The van der Waals surface area contributed by atoms with Gasteiger partial charge in [-0.1, -0.05) is 0 Å². The summed E-state index contributed by atoms with van der Waals surface area (Å²) in [5.41, 5.74) is 0.346. The third-order valence-electron chi connectivity index (χ3n) is 5.88. The lowest BCUT2D eigenvalue weighted by Gasteiger charge is -2.25. The Balaban J connectivity index is 1.93. The number of ether oxygens (including phenoxy) is 5. The van der Waals surface area contributed by atoms with Crippen LogP contribution in [0.3, 0.4) is 0 Å². The maximum atomic E-state index is 13.4. The van der Waals surface area contributed by atoms with Crippen LogP contribution in [0.25, 0.3) is 0 Å². The van der Waals surface area contributed by atoms with E-state index in [9.17, 15) is 8.42 Å². The molecule has 0 amide bonds. The van der Waals surface area contributed by atoms with Crippen LogP contribution in [0, 0.1) is 0 Å². The van der Waals surface area contributed by atoms with Crippen molar-refractivity contribution in [2.24, 2.45) is 0 Å². The van der Waals surface area contributed by atoms with Gasteiger partial charge < -0.3 is 23.7 Å². The second-order valence-corrected chi connectivity index (χ2v) is 10.4. The van der Waals surface area contributed by atoms with E-state index in [2.05, 4.69) is 24.9 Å². The van der Waals surface area contributed by atoms with Gasteiger partial charge in [-0.25, -0.2) is 13.4 Å². The Morgan fingerprint density at radius 1 is 1.11 bits per heavy atom. The normalized spacial score (nSPS) is 20.2. The molecule has 13 nitrogen and oxygen atoms in total. The molecule has 3 heterocycles. The Kier molecular flexibility index (Phi) is 9.35. The second kappa shape index (κ2) is 12.0. The smallest absolute Gasteiger partial charge is 0.240 e. The molecule has 1 aliphatic heterocycles. The number of hydrogen-bond donors (Lipinski definition) is 1. The molecular weight excluding hydrogens is 480 g/mol. The van der Waals surface area contributed by atoms with E-state index in [1.807, 2.05) is 6.92 Å². The van der Waals surface area contributed by atoms with Gasteiger partial charge in [-0.2, -0.15) is 0 Å². The molecule has 1 N–H and O–H groups in total. The topological polar surface area (TPSA) is 149 Å². The minimum absolute atomic E-state index is 0.0461. The summed E-state index contributed by atoms with van der Waals surface area (Å²) in [6.07, 6.45) is 3.30. The molecular formula is C21H34N6O7S. The van der Waals surface area contributed by atoms with Crippen LogP contribution in [0.5, 0.6) is 5.88 Å². The summed E-state index contributed by atoms with van der Waals surface area (Å²) in [5, 5.41) is 7.41. The monoisotopic (exact) mass is 514 g/mol. The summed E-state index contributed by atoms with van der Waals surface area (Å²) in [6.45, 7) is 4.02. The van der Waals surface area contributed by atoms with Gasteiger partial charge >= 0.3 is 0 Å². The molecule has 0 saturated carbocycles. The van der Waals surface area contributed by atoms with Crippen molar-refractivity contribution in [3.63, 3.8) is 0 Å². The van der Waals surface area contributed by atoms with Crippen LogP contribution in [0.1, 0.15) is 56.5 Å². The van der Waals surface area contributed by atoms with E-state index in [0.29, 0.717) is 17.4 Å². The average Bonchev–Trinajstić information content (AvgIpc) is 3.45. The van der Waals surface area contributed by atoms with E-state index in [1.54, 1.807) is 18.8 Å². The van der Waals surface area contributed by atoms with Crippen LogP contribution in [0.15, 0.2) is 12.4 Å². The molecule has 0 radical (unpaired) electrons. The molecule has 1 aliphatic rings.